The molecule has 0 unspecified atom stereocenters. The van der Waals surface area contributed by atoms with Crippen LogP contribution in [0.15, 0.2) is 29.6 Å². The third-order valence-electron chi connectivity index (χ3n) is 1.23. The largest absolute Gasteiger partial charge is 0.263 e. The number of hydrogen-bond acceptors (Lipinski definition) is 1. The summed E-state index contributed by atoms with van der Waals surface area (Å²) in [5.41, 5.74) is 0.947. The minimum atomic E-state index is 0.629. The topological polar surface area (TPSA) is 12.9 Å². The van der Waals surface area contributed by atoms with E-state index in [1.165, 1.54) is 0 Å². The van der Waals surface area contributed by atoms with Gasteiger partial charge in [0.25, 0.3) is 0 Å². The summed E-state index contributed by atoms with van der Waals surface area (Å²) in [6, 6.07) is 1.82. The summed E-state index contributed by atoms with van der Waals surface area (Å²) in [4.78, 5) is 3.93. The second-order valence-corrected chi connectivity index (χ2v) is 3.39. The van der Waals surface area contributed by atoms with Crippen molar-refractivity contribution in [2.24, 2.45) is 0 Å². The average molecular weight is 201 g/mol. The second kappa shape index (κ2) is 4.48. The summed E-state index contributed by atoms with van der Waals surface area (Å²) in [7, 11) is 0. The van der Waals surface area contributed by atoms with Gasteiger partial charge in [-0.15, -0.1) is 0 Å². The Morgan fingerprint density at radius 3 is 2.83 bits per heavy atom. The number of rotatable bonds is 2. The van der Waals surface area contributed by atoms with Gasteiger partial charge in [-0.2, -0.15) is 0 Å². The van der Waals surface area contributed by atoms with Crippen molar-refractivity contribution in [1.82, 2.24) is 4.98 Å². The van der Waals surface area contributed by atoms with Crippen LogP contribution in [0.4, 0.5) is 0 Å². The predicted octanol–water partition coefficient (Wildman–Crippen LogP) is 3.43. The first-order valence-electron chi connectivity index (χ1n) is 3.46. The summed E-state index contributed by atoms with van der Waals surface area (Å²) in [5.74, 6) is 0. The number of aromatic nitrogens is 1. The fourth-order valence-corrected chi connectivity index (χ4v) is 0.976. The van der Waals surface area contributed by atoms with Crippen molar-refractivity contribution >= 4 is 23.2 Å². The molecule has 12 heavy (non-hydrogen) atoms. The Morgan fingerprint density at radius 1 is 1.50 bits per heavy atom. The van der Waals surface area contributed by atoms with Crippen LogP contribution in [0.25, 0.3) is 0 Å². The monoisotopic (exact) mass is 200 g/mol. The molecule has 3 heteroatoms. The Hall–Kier alpha value is -0.530. The Labute approximate surface area is 82.0 Å². The molecule has 0 spiro atoms. The molecule has 0 aliphatic rings. The highest BCUT2D eigenvalue weighted by Gasteiger charge is 1.92. The van der Waals surface area contributed by atoms with Gasteiger partial charge in [0.15, 0.2) is 0 Å². The number of halogens is 2. The quantitative estimate of drug-likeness (QED) is 0.714. The first kappa shape index (κ1) is 9.56. The van der Waals surface area contributed by atoms with Crippen LogP contribution in [-0.2, 0) is 0 Å². The highest BCUT2D eigenvalue weighted by atomic mass is 35.5. The summed E-state index contributed by atoms with van der Waals surface area (Å²) in [5, 5.41) is 1.36. The van der Waals surface area contributed by atoms with Crippen LogP contribution in [0.2, 0.25) is 5.02 Å². The molecule has 1 heterocycles. The molecule has 0 N–H and O–H groups in total. The first-order valence-corrected chi connectivity index (χ1v) is 4.22. The Balaban J connectivity index is 2.70. The normalized spacial score (nSPS) is 11.8. The number of hydrogen-bond donors (Lipinski definition) is 0. The van der Waals surface area contributed by atoms with E-state index in [2.05, 4.69) is 4.98 Å². The van der Waals surface area contributed by atoms with E-state index in [0.29, 0.717) is 5.02 Å². The van der Waals surface area contributed by atoms with E-state index in [-0.39, 0.29) is 0 Å². The zero-order valence-corrected chi connectivity index (χ0v) is 8.10. The predicted molar refractivity (Wildman–Crippen MR) is 52.3 cm³/mol. The molecule has 1 rings (SSSR count). The molecule has 0 aliphatic carbocycles. The van der Waals surface area contributed by atoms with Gasteiger partial charge < -0.3 is 0 Å². The lowest BCUT2D eigenvalue weighted by atomic mass is 10.2. The maximum absolute atomic E-state index is 5.72. The van der Waals surface area contributed by atoms with Crippen molar-refractivity contribution in [1.29, 1.82) is 0 Å². The van der Waals surface area contributed by atoms with Gasteiger partial charge in [0.05, 0.1) is 5.02 Å². The molecule has 63 valence electrons. The number of pyridine rings is 1. The second-order valence-electron chi connectivity index (χ2n) is 2.36. The summed E-state index contributed by atoms with van der Waals surface area (Å²) in [6.07, 6.45) is 6.98. The molecule has 1 aromatic heterocycles. The Morgan fingerprint density at radius 2 is 2.25 bits per heavy atom. The standard InChI is InChI=1S/C9H8Cl2N/c1-7(10)2-3-8-4-9(11)6-12-5-8/h2-6H,1H3. The SMILES string of the molecule is CC(Cl)=C[CH]c1cncc(Cl)c1. The van der Waals surface area contributed by atoms with E-state index >= 15 is 0 Å². The fourth-order valence-electron chi connectivity index (χ4n) is 0.730. The Bertz CT molecular complexity index is 290. The molecule has 0 saturated heterocycles. The third-order valence-corrected chi connectivity index (χ3v) is 1.56. The van der Waals surface area contributed by atoms with E-state index in [9.17, 15) is 0 Å². The van der Waals surface area contributed by atoms with Crippen molar-refractivity contribution in [3.63, 3.8) is 0 Å². The zero-order chi connectivity index (χ0) is 8.97. The van der Waals surface area contributed by atoms with E-state index in [1.54, 1.807) is 18.5 Å². The van der Waals surface area contributed by atoms with Crippen LogP contribution in [0, 0.1) is 6.42 Å². The highest BCUT2D eigenvalue weighted by Crippen LogP contribution is 2.11. The molecule has 0 bridgehead atoms. The molecule has 1 nitrogen and oxygen atoms in total. The fraction of sp³-hybridized carbons (Fsp3) is 0.111. The van der Waals surface area contributed by atoms with E-state index in [0.717, 1.165) is 10.6 Å². The number of nitrogens with zero attached hydrogens (tertiary/aromatic N) is 1. The molecule has 0 aromatic carbocycles. The van der Waals surface area contributed by atoms with Gasteiger partial charge in [-0.05, 0) is 18.6 Å². The summed E-state index contributed by atoms with van der Waals surface area (Å²) >= 11 is 11.4. The molecule has 1 aromatic rings. The van der Waals surface area contributed by atoms with Crippen molar-refractivity contribution in [3.8, 4) is 0 Å². The van der Waals surface area contributed by atoms with Crippen molar-refractivity contribution in [3.05, 3.63) is 46.6 Å². The third kappa shape index (κ3) is 3.24. The molecular formula is C9H8Cl2N. The van der Waals surface area contributed by atoms with Crippen LogP contribution < -0.4 is 0 Å². The molecule has 0 saturated carbocycles. The van der Waals surface area contributed by atoms with Crippen LogP contribution in [0.3, 0.4) is 0 Å². The molecule has 0 aliphatic heterocycles. The van der Waals surface area contributed by atoms with Crippen LogP contribution in [-0.4, -0.2) is 4.98 Å². The molecule has 0 atom stereocenters. The molecule has 0 fully saturated rings. The maximum Gasteiger partial charge on any atom is 0.0592 e. The zero-order valence-electron chi connectivity index (χ0n) is 6.59. The molecule has 0 amide bonds. The van der Waals surface area contributed by atoms with Crippen molar-refractivity contribution in [2.45, 2.75) is 6.92 Å². The van der Waals surface area contributed by atoms with Crippen molar-refractivity contribution < 1.29 is 0 Å². The van der Waals surface area contributed by atoms with Crippen LogP contribution in [0.5, 0.6) is 0 Å². The average Bonchev–Trinajstić information content (AvgIpc) is 2.01. The molecule has 1 radical (unpaired) electrons. The van der Waals surface area contributed by atoms with E-state index in [4.69, 9.17) is 23.2 Å². The number of allylic oxidation sites excluding steroid dienone is 2. The van der Waals surface area contributed by atoms with Crippen molar-refractivity contribution in [2.75, 3.05) is 0 Å². The van der Waals surface area contributed by atoms with Gasteiger partial charge in [-0.3, -0.25) is 4.98 Å². The van der Waals surface area contributed by atoms with Gasteiger partial charge >= 0.3 is 0 Å². The van der Waals surface area contributed by atoms with Gasteiger partial charge in [0.1, 0.15) is 0 Å². The van der Waals surface area contributed by atoms with Gasteiger partial charge in [-0.1, -0.05) is 29.3 Å². The molecular weight excluding hydrogens is 193 g/mol. The Kier molecular flexibility index (Phi) is 3.57. The lowest BCUT2D eigenvalue weighted by molar-refractivity contribution is 1.29. The highest BCUT2D eigenvalue weighted by molar-refractivity contribution is 6.30. The van der Waals surface area contributed by atoms with Gasteiger partial charge in [0.2, 0.25) is 0 Å². The summed E-state index contributed by atoms with van der Waals surface area (Å²) in [6.45, 7) is 1.82. The first-order chi connectivity index (χ1) is 5.68. The minimum Gasteiger partial charge on any atom is -0.263 e. The van der Waals surface area contributed by atoms with Crippen LogP contribution in [0.1, 0.15) is 12.5 Å². The smallest absolute Gasteiger partial charge is 0.0592 e. The van der Waals surface area contributed by atoms with Crippen LogP contribution >= 0.6 is 23.2 Å². The lowest BCUT2D eigenvalue weighted by Gasteiger charge is -1.95. The van der Waals surface area contributed by atoms with Gasteiger partial charge in [0, 0.05) is 23.8 Å². The van der Waals surface area contributed by atoms with E-state index in [1.807, 2.05) is 19.4 Å². The van der Waals surface area contributed by atoms with E-state index < -0.39 is 0 Å². The summed E-state index contributed by atoms with van der Waals surface area (Å²) < 4.78 is 0. The maximum atomic E-state index is 5.72. The lowest BCUT2D eigenvalue weighted by Crippen LogP contribution is -1.80. The van der Waals surface area contributed by atoms with Gasteiger partial charge in [-0.25, -0.2) is 0 Å². The minimum absolute atomic E-state index is 0.629.